The van der Waals surface area contributed by atoms with Crippen molar-refractivity contribution in [2.45, 2.75) is 44.2 Å². The lowest BCUT2D eigenvalue weighted by atomic mass is 9.71. The zero-order chi connectivity index (χ0) is 17.1. The number of carbonyl (C=O) groups excluding carboxylic acids is 1. The number of aliphatic hydroxyl groups is 1. The number of benzene rings is 1. The second kappa shape index (κ2) is 8.05. The second-order valence-corrected chi connectivity index (χ2v) is 7.76. The van der Waals surface area contributed by atoms with E-state index in [1.165, 1.54) is 0 Å². The predicted octanol–water partition coefficient (Wildman–Crippen LogP) is 2.79. The highest BCUT2D eigenvalue weighted by Crippen LogP contribution is 2.36. The lowest BCUT2D eigenvalue weighted by molar-refractivity contribution is -0.123. The standard InChI is InChI=1S/C18H24Cl2N2O2/c19-15-2-1-3-16(20)14(15)10-17(24)22-18(12-8-13(23)9-12)11-4-6-21-7-5-11/h1-3,11-13,18,21,23H,4-10H2,(H,22,24). The van der Waals surface area contributed by atoms with E-state index in [1.54, 1.807) is 18.2 Å². The minimum absolute atomic E-state index is 0.0464. The normalized spacial score (nSPS) is 25.8. The van der Waals surface area contributed by atoms with Gasteiger partial charge in [-0.05, 0) is 68.3 Å². The van der Waals surface area contributed by atoms with Gasteiger partial charge in [0.1, 0.15) is 0 Å². The van der Waals surface area contributed by atoms with Gasteiger partial charge < -0.3 is 15.7 Å². The van der Waals surface area contributed by atoms with Gasteiger partial charge in [-0.1, -0.05) is 29.3 Å². The lowest BCUT2D eigenvalue weighted by Crippen LogP contribution is -2.53. The number of halogens is 2. The molecule has 0 aromatic heterocycles. The molecule has 2 fully saturated rings. The van der Waals surface area contributed by atoms with Crippen LogP contribution in [0.25, 0.3) is 0 Å². The van der Waals surface area contributed by atoms with E-state index in [0.717, 1.165) is 38.8 Å². The van der Waals surface area contributed by atoms with Crippen LogP contribution in [0.15, 0.2) is 18.2 Å². The molecule has 1 amide bonds. The Morgan fingerprint density at radius 3 is 2.42 bits per heavy atom. The van der Waals surface area contributed by atoms with E-state index < -0.39 is 0 Å². The molecule has 1 atom stereocenters. The third kappa shape index (κ3) is 4.23. The van der Waals surface area contributed by atoms with Crippen LogP contribution in [0.3, 0.4) is 0 Å². The van der Waals surface area contributed by atoms with E-state index >= 15 is 0 Å². The zero-order valence-corrected chi connectivity index (χ0v) is 15.1. The molecule has 1 heterocycles. The van der Waals surface area contributed by atoms with Gasteiger partial charge in [-0.2, -0.15) is 0 Å². The van der Waals surface area contributed by atoms with Crippen molar-refractivity contribution >= 4 is 29.1 Å². The number of carbonyl (C=O) groups is 1. The monoisotopic (exact) mass is 370 g/mol. The van der Waals surface area contributed by atoms with Gasteiger partial charge >= 0.3 is 0 Å². The molecule has 0 bridgehead atoms. The number of hydrogen-bond acceptors (Lipinski definition) is 3. The highest BCUT2D eigenvalue weighted by molar-refractivity contribution is 6.36. The predicted molar refractivity (Wildman–Crippen MR) is 96.4 cm³/mol. The molecule has 1 aromatic carbocycles. The zero-order valence-electron chi connectivity index (χ0n) is 13.6. The third-order valence-electron chi connectivity index (χ3n) is 5.28. The third-order valence-corrected chi connectivity index (χ3v) is 5.98. The van der Waals surface area contributed by atoms with Gasteiger partial charge in [0.15, 0.2) is 0 Å². The van der Waals surface area contributed by atoms with Crippen LogP contribution in [0, 0.1) is 11.8 Å². The van der Waals surface area contributed by atoms with Gasteiger partial charge in [-0.15, -0.1) is 0 Å². The Kier molecular flexibility index (Phi) is 6.03. The number of aliphatic hydroxyl groups excluding tert-OH is 1. The summed E-state index contributed by atoms with van der Waals surface area (Å²) in [4.78, 5) is 12.6. The fraction of sp³-hybridized carbons (Fsp3) is 0.611. The Morgan fingerprint density at radius 1 is 1.21 bits per heavy atom. The maximum absolute atomic E-state index is 12.6. The average molecular weight is 371 g/mol. The fourth-order valence-electron chi connectivity index (χ4n) is 3.85. The van der Waals surface area contributed by atoms with Crippen LogP contribution >= 0.6 is 23.2 Å². The van der Waals surface area contributed by atoms with Gasteiger partial charge in [0.2, 0.25) is 5.91 Å². The topological polar surface area (TPSA) is 61.4 Å². The molecule has 132 valence electrons. The number of hydrogen-bond donors (Lipinski definition) is 3. The van der Waals surface area contributed by atoms with E-state index in [4.69, 9.17) is 23.2 Å². The van der Waals surface area contributed by atoms with Crippen LogP contribution in [-0.2, 0) is 11.2 Å². The van der Waals surface area contributed by atoms with Crippen molar-refractivity contribution in [1.29, 1.82) is 0 Å². The summed E-state index contributed by atoms with van der Waals surface area (Å²) in [7, 11) is 0. The van der Waals surface area contributed by atoms with Gasteiger partial charge in [-0.3, -0.25) is 4.79 Å². The first-order chi connectivity index (χ1) is 11.5. The lowest BCUT2D eigenvalue weighted by Gasteiger charge is -2.43. The highest BCUT2D eigenvalue weighted by atomic mass is 35.5. The Hall–Kier alpha value is -0.810. The van der Waals surface area contributed by atoms with Crippen LogP contribution < -0.4 is 10.6 Å². The molecular weight excluding hydrogens is 347 g/mol. The highest BCUT2D eigenvalue weighted by Gasteiger charge is 2.39. The van der Waals surface area contributed by atoms with Crippen molar-refractivity contribution in [3.63, 3.8) is 0 Å². The Bertz CT molecular complexity index is 564. The van der Waals surface area contributed by atoms with Gasteiger partial charge in [0.05, 0.1) is 12.5 Å². The van der Waals surface area contributed by atoms with Gasteiger partial charge in [-0.25, -0.2) is 0 Å². The molecule has 0 spiro atoms. The summed E-state index contributed by atoms with van der Waals surface area (Å²) in [6, 6.07) is 5.41. The molecule has 1 aliphatic carbocycles. The van der Waals surface area contributed by atoms with E-state index in [-0.39, 0.29) is 24.5 Å². The van der Waals surface area contributed by atoms with E-state index in [9.17, 15) is 9.90 Å². The Labute approximate surface area is 152 Å². The molecule has 3 rings (SSSR count). The number of piperidine rings is 1. The summed E-state index contributed by atoms with van der Waals surface area (Å²) in [5.74, 6) is 0.790. The first-order valence-electron chi connectivity index (χ1n) is 8.65. The SMILES string of the molecule is O=C(Cc1c(Cl)cccc1Cl)NC(C1CCNCC1)C1CC(O)C1. The van der Waals surface area contributed by atoms with E-state index in [1.807, 2.05) is 0 Å². The van der Waals surface area contributed by atoms with Crippen molar-refractivity contribution in [2.75, 3.05) is 13.1 Å². The van der Waals surface area contributed by atoms with Crippen molar-refractivity contribution < 1.29 is 9.90 Å². The molecule has 24 heavy (non-hydrogen) atoms. The quantitative estimate of drug-likeness (QED) is 0.746. The van der Waals surface area contributed by atoms with Crippen LogP contribution in [0.5, 0.6) is 0 Å². The van der Waals surface area contributed by atoms with Crippen molar-refractivity contribution in [1.82, 2.24) is 10.6 Å². The maximum Gasteiger partial charge on any atom is 0.224 e. The van der Waals surface area contributed by atoms with E-state index in [0.29, 0.717) is 27.4 Å². The van der Waals surface area contributed by atoms with Crippen molar-refractivity contribution in [3.05, 3.63) is 33.8 Å². The van der Waals surface area contributed by atoms with Crippen LogP contribution in [0.4, 0.5) is 0 Å². The van der Waals surface area contributed by atoms with E-state index in [2.05, 4.69) is 10.6 Å². The molecule has 1 saturated heterocycles. The second-order valence-electron chi connectivity index (χ2n) is 6.94. The minimum atomic E-state index is -0.214. The van der Waals surface area contributed by atoms with Crippen LogP contribution in [-0.4, -0.2) is 36.2 Å². The van der Waals surface area contributed by atoms with Gasteiger partial charge in [0.25, 0.3) is 0 Å². The summed E-state index contributed by atoms with van der Waals surface area (Å²) in [5.41, 5.74) is 0.677. The van der Waals surface area contributed by atoms with Crippen molar-refractivity contribution in [3.8, 4) is 0 Å². The molecular formula is C18H24Cl2N2O2. The molecule has 1 aliphatic heterocycles. The summed E-state index contributed by atoms with van der Waals surface area (Å²) >= 11 is 12.3. The molecule has 1 aromatic rings. The van der Waals surface area contributed by atoms with Gasteiger partial charge in [0, 0.05) is 16.1 Å². The summed E-state index contributed by atoms with van der Waals surface area (Å²) in [5, 5.41) is 17.3. The molecule has 1 unspecified atom stereocenters. The molecule has 4 nitrogen and oxygen atoms in total. The van der Waals surface area contributed by atoms with Crippen LogP contribution in [0.2, 0.25) is 10.0 Å². The van der Waals surface area contributed by atoms with Crippen LogP contribution in [0.1, 0.15) is 31.2 Å². The largest absolute Gasteiger partial charge is 0.393 e. The molecule has 1 saturated carbocycles. The first-order valence-corrected chi connectivity index (χ1v) is 9.41. The molecule has 0 radical (unpaired) electrons. The Balaban J connectivity index is 1.66. The maximum atomic E-state index is 12.6. The average Bonchev–Trinajstić information content (AvgIpc) is 2.54. The Morgan fingerprint density at radius 2 is 1.83 bits per heavy atom. The number of rotatable bonds is 5. The molecule has 6 heteroatoms. The number of nitrogens with one attached hydrogen (secondary N) is 2. The smallest absolute Gasteiger partial charge is 0.224 e. The fourth-order valence-corrected chi connectivity index (χ4v) is 4.38. The molecule has 3 N–H and O–H groups in total. The number of amides is 1. The first kappa shape index (κ1) is 18.0. The summed E-state index contributed by atoms with van der Waals surface area (Å²) < 4.78 is 0. The minimum Gasteiger partial charge on any atom is -0.393 e. The summed E-state index contributed by atoms with van der Waals surface area (Å²) in [6.07, 6.45) is 3.65. The van der Waals surface area contributed by atoms with Crippen molar-refractivity contribution in [2.24, 2.45) is 11.8 Å². The molecule has 2 aliphatic rings. The summed E-state index contributed by atoms with van der Waals surface area (Å²) in [6.45, 7) is 1.98.